The van der Waals surface area contributed by atoms with Crippen molar-refractivity contribution in [3.63, 3.8) is 0 Å². The molecule has 2 bridgehead atoms. The van der Waals surface area contributed by atoms with E-state index in [-0.39, 0.29) is 22.9 Å². The molecule has 2 fully saturated rings. The van der Waals surface area contributed by atoms with Crippen molar-refractivity contribution in [1.29, 1.82) is 0 Å². The third-order valence-corrected chi connectivity index (χ3v) is 6.94. The van der Waals surface area contributed by atoms with E-state index < -0.39 is 5.54 Å². The van der Waals surface area contributed by atoms with Crippen molar-refractivity contribution in [2.45, 2.75) is 58.6 Å². The number of fused-ring (bicyclic) bond motifs is 5. The predicted molar refractivity (Wildman–Crippen MR) is 90.5 cm³/mol. The molecule has 0 saturated heterocycles. The molecule has 4 atom stereocenters. The Morgan fingerprint density at radius 3 is 2.57 bits per heavy atom. The Morgan fingerprint density at radius 1 is 1.17 bits per heavy atom. The quantitative estimate of drug-likeness (QED) is 0.779. The lowest BCUT2D eigenvalue weighted by atomic mass is 9.70. The molecule has 0 radical (unpaired) electrons. The number of benzene rings is 1. The van der Waals surface area contributed by atoms with Crippen molar-refractivity contribution >= 4 is 11.7 Å². The number of carbonyl (C=O) groups excluding carboxylic acids is 1. The molecule has 2 saturated carbocycles. The Morgan fingerprint density at radius 2 is 1.87 bits per heavy atom. The highest BCUT2D eigenvalue weighted by molar-refractivity contribution is 6.04. The van der Waals surface area contributed by atoms with Gasteiger partial charge in [0.15, 0.2) is 5.54 Å². The van der Waals surface area contributed by atoms with Crippen LogP contribution in [0.3, 0.4) is 0 Å². The predicted octanol–water partition coefficient (Wildman–Crippen LogP) is 3.81. The van der Waals surface area contributed by atoms with Crippen LogP contribution in [0, 0.1) is 16.7 Å². The fourth-order valence-corrected chi connectivity index (χ4v) is 5.01. The SMILES string of the molecule is CC1(C)[C@@H]2CC[C@@]1(C)C1=N[C@@](C)(Cc3ccccc3)C(=O)O[C@@H]12. The van der Waals surface area contributed by atoms with Gasteiger partial charge in [-0.05, 0) is 30.7 Å². The largest absolute Gasteiger partial charge is 0.454 e. The lowest BCUT2D eigenvalue weighted by molar-refractivity contribution is -0.156. The summed E-state index contributed by atoms with van der Waals surface area (Å²) in [6, 6.07) is 10.1. The van der Waals surface area contributed by atoms with Crippen LogP contribution in [0.4, 0.5) is 0 Å². The summed E-state index contributed by atoms with van der Waals surface area (Å²) < 4.78 is 5.96. The fourth-order valence-electron chi connectivity index (χ4n) is 5.01. The highest BCUT2D eigenvalue weighted by atomic mass is 16.5. The first-order valence-electron chi connectivity index (χ1n) is 8.63. The Hall–Kier alpha value is -1.64. The van der Waals surface area contributed by atoms with Gasteiger partial charge in [-0.2, -0.15) is 0 Å². The van der Waals surface area contributed by atoms with Gasteiger partial charge in [-0.1, -0.05) is 51.1 Å². The zero-order valence-electron chi connectivity index (χ0n) is 14.4. The molecule has 0 unspecified atom stereocenters. The Bertz CT molecular complexity index is 693. The standard InChI is InChI=1S/C20H25NO2/c1-18(2)14-10-11-19(18,3)16-15(14)23-17(22)20(4,21-16)12-13-8-6-5-7-9-13/h5-9,14-15H,10-12H2,1-4H3/t14-,15-,19+,20+/m1/s1. The third kappa shape index (κ3) is 1.82. The lowest BCUT2D eigenvalue weighted by Gasteiger charge is -2.39. The molecule has 0 N–H and O–H groups in total. The van der Waals surface area contributed by atoms with Crippen LogP contribution in [0.25, 0.3) is 0 Å². The minimum atomic E-state index is -0.795. The molecular weight excluding hydrogens is 286 g/mol. The minimum Gasteiger partial charge on any atom is -0.454 e. The average molecular weight is 311 g/mol. The van der Waals surface area contributed by atoms with Gasteiger partial charge in [0.2, 0.25) is 0 Å². The smallest absolute Gasteiger partial charge is 0.334 e. The van der Waals surface area contributed by atoms with Gasteiger partial charge in [0.05, 0.1) is 5.71 Å². The second kappa shape index (κ2) is 4.46. The molecule has 122 valence electrons. The van der Waals surface area contributed by atoms with Crippen LogP contribution in [0.1, 0.15) is 46.1 Å². The van der Waals surface area contributed by atoms with Crippen molar-refractivity contribution in [3.05, 3.63) is 35.9 Å². The molecule has 3 aliphatic rings. The van der Waals surface area contributed by atoms with Crippen LogP contribution in [-0.2, 0) is 16.0 Å². The minimum absolute atomic E-state index is 0.0565. The maximum absolute atomic E-state index is 12.7. The first-order valence-corrected chi connectivity index (χ1v) is 8.63. The topological polar surface area (TPSA) is 38.7 Å². The summed E-state index contributed by atoms with van der Waals surface area (Å²) in [5.74, 6) is 0.249. The molecule has 1 aliphatic heterocycles. The first kappa shape index (κ1) is 14.9. The zero-order valence-corrected chi connectivity index (χ0v) is 14.4. The highest BCUT2D eigenvalue weighted by Crippen LogP contribution is 2.65. The van der Waals surface area contributed by atoms with E-state index in [0.29, 0.717) is 12.3 Å². The molecule has 3 nitrogen and oxygen atoms in total. The average Bonchev–Trinajstić information content (AvgIpc) is 2.81. The van der Waals surface area contributed by atoms with Gasteiger partial charge in [0.25, 0.3) is 0 Å². The van der Waals surface area contributed by atoms with E-state index in [4.69, 9.17) is 9.73 Å². The maximum Gasteiger partial charge on any atom is 0.334 e. The van der Waals surface area contributed by atoms with E-state index in [0.717, 1.165) is 24.1 Å². The lowest BCUT2D eigenvalue weighted by Crippen LogP contribution is -2.51. The number of ether oxygens (including phenoxy) is 1. The van der Waals surface area contributed by atoms with Gasteiger partial charge in [-0.3, -0.25) is 4.99 Å². The van der Waals surface area contributed by atoms with Gasteiger partial charge in [0, 0.05) is 17.8 Å². The first-order chi connectivity index (χ1) is 10.8. The van der Waals surface area contributed by atoms with Gasteiger partial charge < -0.3 is 4.74 Å². The van der Waals surface area contributed by atoms with Crippen molar-refractivity contribution in [2.75, 3.05) is 0 Å². The van der Waals surface area contributed by atoms with E-state index in [1.54, 1.807) is 0 Å². The van der Waals surface area contributed by atoms with E-state index in [1.807, 2.05) is 25.1 Å². The molecule has 1 heterocycles. The van der Waals surface area contributed by atoms with Crippen LogP contribution >= 0.6 is 0 Å². The zero-order chi connectivity index (χ0) is 16.5. The molecule has 0 amide bonds. The molecule has 3 heteroatoms. The molecule has 1 aromatic rings. The molecule has 2 aliphatic carbocycles. The van der Waals surface area contributed by atoms with E-state index >= 15 is 0 Å². The molecule has 0 aromatic heterocycles. The maximum atomic E-state index is 12.7. The normalized spacial score (nSPS) is 40.5. The summed E-state index contributed by atoms with van der Waals surface area (Å²) in [6.07, 6.45) is 2.79. The number of hydrogen-bond acceptors (Lipinski definition) is 3. The highest BCUT2D eigenvalue weighted by Gasteiger charge is 2.68. The van der Waals surface area contributed by atoms with Gasteiger partial charge in [-0.25, -0.2) is 4.79 Å². The summed E-state index contributed by atoms with van der Waals surface area (Å²) in [4.78, 5) is 17.8. The number of carbonyl (C=O) groups is 1. The van der Waals surface area contributed by atoms with Crippen LogP contribution in [0.15, 0.2) is 35.3 Å². The van der Waals surface area contributed by atoms with Gasteiger partial charge in [-0.15, -0.1) is 0 Å². The van der Waals surface area contributed by atoms with Crippen molar-refractivity contribution in [2.24, 2.45) is 21.7 Å². The summed E-state index contributed by atoms with van der Waals surface area (Å²) in [6.45, 7) is 8.86. The number of nitrogens with zero attached hydrogens (tertiary/aromatic N) is 1. The van der Waals surface area contributed by atoms with Crippen LogP contribution in [0.2, 0.25) is 0 Å². The number of rotatable bonds is 2. The number of aliphatic imine (C=N–C) groups is 1. The second-order valence-electron chi connectivity index (χ2n) is 8.46. The number of esters is 1. The Kier molecular flexibility index (Phi) is 2.89. The summed E-state index contributed by atoms with van der Waals surface area (Å²) in [7, 11) is 0. The summed E-state index contributed by atoms with van der Waals surface area (Å²) in [5, 5.41) is 0. The monoisotopic (exact) mass is 311 g/mol. The van der Waals surface area contributed by atoms with E-state index in [2.05, 4.69) is 32.9 Å². The van der Waals surface area contributed by atoms with Gasteiger partial charge >= 0.3 is 5.97 Å². The van der Waals surface area contributed by atoms with Crippen molar-refractivity contribution < 1.29 is 9.53 Å². The summed E-state index contributed by atoms with van der Waals surface area (Å²) >= 11 is 0. The van der Waals surface area contributed by atoms with Crippen LogP contribution in [-0.4, -0.2) is 23.3 Å². The third-order valence-electron chi connectivity index (χ3n) is 6.94. The summed E-state index contributed by atoms with van der Waals surface area (Å²) in [5.41, 5.74) is 1.67. The second-order valence-corrected chi connectivity index (χ2v) is 8.46. The van der Waals surface area contributed by atoms with Crippen LogP contribution < -0.4 is 0 Å². The van der Waals surface area contributed by atoms with Crippen molar-refractivity contribution in [1.82, 2.24) is 0 Å². The molecular formula is C20H25NO2. The van der Waals surface area contributed by atoms with Gasteiger partial charge in [0.1, 0.15) is 6.10 Å². The molecule has 0 spiro atoms. The molecule has 23 heavy (non-hydrogen) atoms. The van der Waals surface area contributed by atoms with Crippen LogP contribution in [0.5, 0.6) is 0 Å². The Balaban J connectivity index is 1.76. The van der Waals surface area contributed by atoms with E-state index in [1.165, 1.54) is 0 Å². The van der Waals surface area contributed by atoms with E-state index in [9.17, 15) is 4.79 Å². The number of hydrogen-bond donors (Lipinski definition) is 0. The molecule has 1 aromatic carbocycles. The fraction of sp³-hybridized carbons (Fsp3) is 0.600. The molecule has 4 rings (SSSR count). The Labute approximate surface area is 138 Å². The van der Waals surface area contributed by atoms with Crippen molar-refractivity contribution in [3.8, 4) is 0 Å².